The number of rotatable bonds is 4. The third-order valence-electron chi connectivity index (χ3n) is 2.11. The van der Waals surface area contributed by atoms with Crippen LogP contribution in [0.2, 0.25) is 0 Å². The maximum atomic E-state index is 10.8. The summed E-state index contributed by atoms with van der Waals surface area (Å²) in [5.41, 5.74) is 7.97. The van der Waals surface area contributed by atoms with Crippen LogP contribution in [0.5, 0.6) is 5.75 Å². The molecule has 0 aliphatic heterocycles. The number of aromatic nitrogens is 1. The van der Waals surface area contributed by atoms with E-state index in [4.69, 9.17) is 15.6 Å². The lowest BCUT2D eigenvalue weighted by Crippen LogP contribution is -2.01. The number of nitrogens with zero attached hydrogens (tertiary/aromatic N) is 1. The Hall–Kier alpha value is -2.08. The molecular formula is C11H10N2O3S. The summed E-state index contributed by atoms with van der Waals surface area (Å²) in [6.45, 7) is 0.331. The molecule has 2 aromatic rings. The SMILES string of the molecule is Nc1ccc(C(=O)O)cc1OCc1cncs1. The number of nitrogens with two attached hydrogens (primary N) is 1. The third-order valence-corrected chi connectivity index (χ3v) is 2.87. The first-order valence-corrected chi connectivity index (χ1v) is 5.68. The van der Waals surface area contributed by atoms with Crippen LogP contribution in [0, 0.1) is 0 Å². The minimum Gasteiger partial charge on any atom is -0.486 e. The first kappa shape index (κ1) is 11.4. The average molecular weight is 250 g/mol. The molecule has 0 fully saturated rings. The molecule has 88 valence electrons. The van der Waals surface area contributed by atoms with Crippen molar-refractivity contribution in [1.29, 1.82) is 0 Å². The number of thiazole rings is 1. The fourth-order valence-electron chi connectivity index (χ4n) is 1.25. The summed E-state index contributed by atoms with van der Waals surface area (Å²) in [5, 5.41) is 8.85. The van der Waals surface area contributed by atoms with Gasteiger partial charge in [-0.15, -0.1) is 11.3 Å². The Morgan fingerprint density at radius 1 is 1.53 bits per heavy atom. The van der Waals surface area contributed by atoms with Gasteiger partial charge in [0, 0.05) is 6.20 Å². The number of anilines is 1. The van der Waals surface area contributed by atoms with Gasteiger partial charge in [0.1, 0.15) is 12.4 Å². The summed E-state index contributed by atoms with van der Waals surface area (Å²) in [7, 11) is 0. The van der Waals surface area contributed by atoms with E-state index < -0.39 is 5.97 Å². The standard InChI is InChI=1S/C11H10N2O3S/c12-9-2-1-7(11(14)15)3-10(9)16-5-8-4-13-6-17-8/h1-4,6H,5,12H2,(H,14,15). The normalized spacial score (nSPS) is 10.1. The zero-order valence-corrected chi connectivity index (χ0v) is 9.61. The number of benzene rings is 1. The minimum absolute atomic E-state index is 0.151. The average Bonchev–Trinajstić information content (AvgIpc) is 2.80. The van der Waals surface area contributed by atoms with Gasteiger partial charge in [0.25, 0.3) is 0 Å². The molecule has 0 bridgehead atoms. The van der Waals surface area contributed by atoms with E-state index in [1.807, 2.05) is 0 Å². The van der Waals surface area contributed by atoms with Crippen LogP contribution in [0.1, 0.15) is 15.2 Å². The van der Waals surface area contributed by atoms with Gasteiger partial charge in [-0.25, -0.2) is 4.79 Å². The maximum Gasteiger partial charge on any atom is 0.335 e. The molecule has 0 saturated carbocycles. The summed E-state index contributed by atoms with van der Waals surface area (Å²) in [4.78, 5) is 15.7. The Morgan fingerprint density at radius 2 is 2.35 bits per heavy atom. The molecule has 5 nitrogen and oxygen atoms in total. The predicted octanol–water partition coefficient (Wildman–Crippen LogP) is 2.00. The lowest BCUT2D eigenvalue weighted by atomic mass is 10.2. The van der Waals surface area contributed by atoms with E-state index in [9.17, 15) is 4.79 Å². The summed E-state index contributed by atoms with van der Waals surface area (Å²) in [5.74, 6) is -0.633. The predicted molar refractivity (Wildman–Crippen MR) is 64.3 cm³/mol. The molecule has 0 amide bonds. The molecule has 1 aromatic carbocycles. The zero-order chi connectivity index (χ0) is 12.3. The van der Waals surface area contributed by atoms with Crippen molar-refractivity contribution in [3.63, 3.8) is 0 Å². The van der Waals surface area contributed by atoms with Gasteiger partial charge in [-0.2, -0.15) is 0 Å². The Kier molecular flexibility index (Phi) is 3.24. The van der Waals surface area contributed by atoms with Crippen LogP contribution in [0.15, 0.2) is 29.9 Å². The fourth-order valence-corrected chi connectivity index (χ4v) is 1.76. The molecule has 2 rings (SSSR count). The van der Waals surface area contributed by atoms with Gasteiger partial charge in [0.05, 0.1) is 21.6 Å². The quantitative estimate of drug-likeness (QED) is 0.810. The van der Waals surface area contributed by atoms with Gasteiger partial charge in [-0.05, 0) is 18.2 Å². The Labute approximate surface area is 101 Å². The second kappa shape index (κ2) is 4.84. The molecule has 6 heteroatoms. The molecule has 0 unspecified atom stereocenters. The second-order valence-corrected chi connectivity index (χ2v) is 4.29. The molecule has 0 spiro atoms. The van der Waals surface area contributed by atoms with Crippen LogP contribution in [0.25, 0.3) is 0 Å². The number of carbonyl (C=O) groups is 1. The highest BCUT2D eigenvalue weighted by molar-refractivity contribution is 7.09. The topological polar surface area (TPSA) is 85.4 Å². The van der Waals surface area contributed by atoms with Crippen LogP contribution in [-0.4, -0.2) is 16.1 Å². The highest BCUT2D eigenvalue weighted by Crippen LogP contribution is 2.24. The molecule has 0 radical (unpaired) electrons. The Balaban J connectivity index is 2.14. The largest absolute Gasteiger partial charge is 0.486 e. The number of ether oxygens (including phenoxy) is 1. The number of hydrogen-bond acceptors (Lipinski definition) is 5. The summed E-state index contributed by atoms with van der Waals surface area (Å²) in [6, 6.07) is 4.38. The molecule has 3 N–H and O–H groups in total. The minimum atomic E-state index is -1.01. The number of hydrogen-bond donors (Lipinski definition) is 2. The first-order chi connectivity index (χ1) is 8.16. The van der Waals surface area contributed by atoms with E-state index in [1.54, 1.807) is 11.7 Å². The van der Waals surface area contributed by atoms with Gasteiger partial charge in [-0.3, -0.25) is 4.98 Å². The number of nitrogen functional groups attached to an aromatic ring is 1. The van der Waals surface area contributed by atoms with Gasteiger partial charge in [0.15, 0.2) is 0 Å². The Bertz CT molecular complexity index is 526. The molecular weight excluding hydrogens is 240 g/mol. The highest BCUT2D eigenvalue weighted by Gasteiger charge is 2.08. The Morgan fingerprint density at radius 3 is 3.00 bits per heavy atom. The molecule has 1 aromatic heterocycles. The number of aromatic carboxylic acids is 1. The zero-order valence-electron chi connectivity index (χ0n) is 8.79. The monoisotopic (exact) mass is 250 g/mol. The third kappa shape index (κ3) is 2.73. The highest BCUT2D eigenvalue weighted by atomic mass is 32.1. The van der Waals surface area contributed by atoms with Crippen LogP contribution in [0.3, 0.4) is 0 Å². The molecule has 17 heavy (non-hydrogen) atoms. The summed E-state index contributed by atoms with van der Waals surface area (Å²) < 4.78 is 5.45. The van der Waals surface area contributed by atoms with Crippen LogP contribution >= 0.6 is 11.3 Å². The molecule has 0 aliphatic carbocycles. The summed E-state index contributed by atoms with van der Waals surface area (Å²) >= 11 is 1.47. The molecule has 0 atom stereocenters. The van der Waals surface area contributed by atoms with Crippen molar-refractivity contribution in [2.24, 2.45) is 0 Å². The fraction of sp³-hybridized carbons (Fsp3) is 0.0909. The van der Waals surface area contributed by atoms with E-state index in [2.05, 4.69) is 4.98 Å². The van der Waals surface area contributed by atoms with Crippen LogP contribution in [0.4, 0.5) is 5.69 Å². The number of carboxylic acids is 1. The molecule has 0 saturated heterocycles. The van der Waals surface area contributed by atoms with Crippen molar-refractivity contribution in [3.8, 4) is 5.75 Å². The van der Waals surface area contributed by atoms with Crippen LogP contribution < -0.4 is 10.5 Å². The molecule has 1 heterocycles. The van der Waals surface area contributed by atoms with E-state index >= 15 is 0 Å². The van der Waals surface area contributed by atoms with E-state index in [1.165, 1.54) is 29.5 Å². The maximum absolute atomic E-state index is 10.8. The molecule has 0 aliphatic rings. The van der Waals surface area contributed by atoms with E-state index in [-0.39, 0.29) is 5.56 Å². The van der Waals surface area contributed by atoms with Crippen LogP contribution in [-0.2, 0) is 6.61 Å². The first-order valence-electron chi connectivity index (χ1n) is 4.80. The van der Waals surface area contributed by atoms with Crippen molar-refractivity contribution in [2.45, 2.75) is 6.61 Å². The van der Waals surface area contributed by atoms with Crippen molar-refractivity contribution in [1.82, 2.24) is 4.98 Å². The van der Waals surface area contributed by atoms with Crippen molar-refractivity contribution >= 4 is 23.0 Å². The van der Waals surface area contributed by atoms with Gasteiger partial charge in [0.2, 0.25) is 0 Å². The lowest BCUT2D eigenvalue weighted by molar-refractivity contribution is 0.0696. The van der Waals surface area contributed by atoms with Crippen molar-refractivity contribution in [3.05, 3.63) is 40.3 Å². The van der Waals surface area contributed by atoms with E-state index in [0.29, 0.717) is 18.0 Å². The van der Waals surface area contributed by atoms with E-state index in [0.717, 1.165) is 4.88 Å². The van der Waals surface area contributed by atoms with Crippen molar-refractivity contribution < 1.29 is 14.6 Å². The smallest absolute Gasteiger partial charge is 0.335 e. The van der Waals surface area contributed by atoms with Gasteiger partial charge in [-0.1, -0.05) is 0 Å². The van der Waals surface area contributed by atoms with Crippen molar-refractivity contribution in [2.75, 3.05) is 5.73 Å². The van der Waals surface area contributed by atoms with Gasteiger partial charge >= 0.3 is 5.97 Å². The summed E-state index contributed by atoms with van der Waals surface area (Å²) in [6.07, 6.45) is 1.70. The second-order valence-electron chi connectivity index (χ2n) is 3.31. The van der Waals surface area contributed by atoms with Gasteiger partial charge < -0.3 is 15.6 Å². The lowest BCUT2D eigenvalue weighted by Gasteiger charge is -2.08. The number of carboxylic acid groups (broad SMARTS) is 1.